The van der Waals surface area contributed by atoms with Crippen LogP contribution >= 0.6 is 0 Å². The zero-order valence-electron chi connectivity index (χ0n) is 22.4. The van der Waals surface area contributed by atoms with E-state index in [1.165, 1.54) is 57.8 Å². The Balaban J connectivity index is 1.55. The molecule has 0 aromatic carbocycles. The topological polar surface area (TPSA) is 40.5 Å². The molecule has 5 fully saturated rings. The molecule has 0 aliphatic heterocycles. The van der Waals surface area contributed by atoms with E-state index < -0.39 is 5.60 Å². The molecule has 0 aromatic heterocycles. The van der Waals surface area contributed by atoms with Crippen LogP contribution in [0.5, 0.6) is 0 Å². The fraction of sp³-hybridized carbons (Fsp3) is 1.00. The predicted octanol–water partition coefficient (Wildman–Crippen LogP) is 7.22. The van der Waals surface area contributed by atoms with Crippen molar-refractivity contribution in [3.8, 4) is 0 Å². The summed E-state index contributed by atoms with van der Waals surface area (Å²) in [6.45, 7) is 19.4. The van der Waals surface area contributed by atoms with E-state index in [0.29, 0.717) is 45.8 Å². The fourth-order valence-electron chi connectivity index (χ4n) is 12.1. The second-order valence-corrected chi connectivity index (χ2v) is 15.5. The van der Waals surface area contributed by atoms with Crippen molar-refractivity contribution in [2.75, 3.05) is 0 Å². The van der Waals surface area contributed by atoms with Gasteiger partial charge < -0.3 is 10.2 Å². The molecule has 2 heteroatoms. The van der Waals surface area contributed by atoms with Crippen molar-refractivity contribution in [1.82, 2.24) is 0 Å². The minimum Gasteiger partial charge on any atom is -0.393 e. The average Bonchev–Trinajstić information content (AvgIpc) is 3.02. The molecule has 2 nitrogen and oxygen atoms in total. The second kappa shape index (κ2) is 6.77. The summed E-state index contributed by atoms with van der Waals surface area (Å²) in [4.78, 5) is 0. The second-order valence-electron chi connectivity index (χ2n) is 15.5. The van der Waals surface area contributed by atoms with Gasteiger partial charge in [0.25, 0.3) is 0 Å². The third kappa shape index (κ3) is 2.72. The molecular weight excluding hydrogens is 392 g/mol. The molecule has 5 aliphatic carbocycles. The molecule has 0 aromatic rings. The van der Waals surface area contributed by atoms with Crippen molar-refractivity contribution in [2.24, 2.45) is 56.7 Å². The van der Waals surface area contributed by atoms with Crippen LogP contribution in [0.1, 0.15) is 120 Å². The molecule has 32 heavy (non-hydrogen) atoms. The van der Waals surface area contributed by atoms with Crippen LogP contribution in [-0.2, 0) is 0 Å². The van der Waals surface area contributed by atoms with Crippen molar-refractivity contribution in [3.63, 3.8) is 0 Å². The normalized spacial score (nSPS) is 57.2. The third-order valence-corrected chi connectivity index (χ3v) is 13.7. The van der Waals surface area contributed by atoms with Gasteiger partial charge in [0, 0.05) is 5.41 Å². The van der Waals surface area contributed by atoms with Gasteiger partial charge in [-0.05, 0) is 123 Å². The Hall–Kier alpha value is -0.0800. The van der Waals surface area contributed by atoms with Crippen molar-refractivity contribution in [1.29, 1.82) is 0 Å². The first-order valence-electron chi connectivity index (χ1n) is 14.0. The van der Waals surface area contributed by atoms with Crippen molar-refractivity contribution in [2.45, 2.75) is 131 Å². The highest BCUT2D eigenvalue weighted by Gasteiger charge is 2.72. The van der Waals surface area contributed by atoms with Gasteiger partial charge in [-0.3, -0.25) is 0 Å². The lowest BCUT2D eigenvalue weighted by molar-refractivity contribution is -0.280. The molecule has 0 saturated heterocycles. The smallest absolute Gasteiger partial charge is 0.0622 e. The third-order valence-electron chi connectivity index (χ3n) is 13.7. The summed E-state index contributed by atoms with van der Waals surface area (Å²) in [6, 6.07) is 0. The predicted molar refractivity (Wildman–Crippen MR) is 132 cm³/mol. The Morgan fingerprint density at radius 1 is 0.719 bits per heavy atom. The molecule has 0 bridgehead atoms. The van der Waals surface area contributed by atoms with Crippen LogP contribution < -0.4 is 0 Å². The molecule has 184 valence electrons. The Morgan fingerprint density at radius 3 is 2.03 bits per heavy atom. The summed E-state index contributed by atoms with van der Waals surface area (Å²) in [5, 5.41) is 23.0. The molecule has 0 amide bonds. The average molecular weight is 445 g/mol. The molecule has 5 saturated carbocycles. The summed E-state index contributed by atoms with van der Waals surface area (Å²) in [6.07, 6.45) is 12.4. The maximum Gasteiger partial charge on any atom is 0.0622 e. The first kappa shape index (κ1) is 23.7. The monoisotopic (exact) mass is 444 g/mol. The quantitative estimate of drug-likeness (QED) is 0.448. The van der Waals surface area contributed by atoms with Crippen LogP contribution in [-0.4, -0.2) is 21.9 Å². The summed E-state index contributed by atoms with van der Waals surface area (Å²) in [5.41, 5.74) is 0.667. The number of rotatable bonds is 1. The largest absolute Gasteiger partial charge is 0.393 e. The minimum absolute atomic E-state index is 0.00931. The van der Waals surface area contributed by atoms with Crippen LogP contribution in [0.2, 0.25) is 0 Å². The van der Waals surface area contributed by atoms with E-state index in [1.54, 1.807) is 0 Å². The minimum atomic E-state index is -0.573. The highest BCUT2D eigenvalue weighted by molar-refractivity contribution is 5.21. The van der Waals surface area contributed by atoms with Gasteiger partial charge in [-0.1, -0.05) is 48.0 Å². The highest BCUT2D eigenvalue weighted by atomic mass is 16.3. The first-order chi connectivity index (χ1) is 14.6. The lowest BCUT2D eigenvalue weighted by Gasteiger charge is -2.74. The number of aliphatic hydroxyl groups excluding tert-OH is 1. The van der Waals surface area contributed by atoms with E-state index >= 15 is 0 Å². The zero-order chi connectivity index (χ0) is 23.5. The molecule has 0 radical (unpaired) electrons. The van der Waals surface area contributed by atoms with Crippen LogP contribution in [0.3, 0.4) is 0 Å². The van der Waals surface area contributed by atoms with Crippen molar-refractivity contribution >= 4 is 0 Å². The van der Waals surface area contributed by atoms with Crippen LogP contribution in [0.4, 0.5) is 0 Å². The number of fused-ring (bicyclic) bond motifs is 7. The molecule has 10 unspecified atom stereocenters. The fourth-order valence-corrected chi connectivity index (χ4v) is 12.1. The van der Waals surface area contributed by atoms with Crippen molar-refractivity contribution < 1.29 is 10.2 Å². The maximum absolute atomic E-state index is 12.0. The van der Waals surface area contributed by atoms with E-state index in [1.807, 2.05) is 13.8 Å². The van der Waals surface area contributed by atoms with Crippen molar-refractivity contribution in [3.05, 3.63) is 0 Å². The summed E-state index contributed by atoms with van der Waals surface area (Å²) < 4.78 is 0. The molecule has 10 atom stereocenters. The molecular formula is C30H52O2. The Labute approximate surface area is 198 Å². The highest BCUT2D eigenvalue weighted by Crippen LogP contribution is 2.78. The number of aliphatic hydroxyl groups is 2. The van der Waals surface area contributed by atoms with Gasteiger partial charge in [-0.25, -0.2) is 0 Å². The van der Waals surface area contributed by atoms with Crippen LogP contribution in [0, 0.1) is 56.7 Å². The van der Waals surface area contributed by atoms with Gasteiger partial charge >= 0.3 is 0 Å². The van der Waals surface area contributed by atoms with E-state index in [4.69, 9.17) is 0 Å². The van der Waals surface area contributed by atoms with Gasteiger partial charge in [0.05, 0.1) is 11.7 Å². The van der Waals surface area contributed by atoms with Gasteiger partial charge in [0.15, 0.2) is 0 Å². The lowest BCUT2D eigenvalue weighted by atomic mass is 9.31. The van der Waals surface area contributed by atoms with Crippen LogP contribution in [0.25, 0.3) is 0 Å². The Kier molecular flexibility index (Phi) is 5.01. The SMILES string of the molecule is CC(C)(O)C1CCC2(C)C1CCC1(C)C2CCC2C3(C)CCCC(C)(C)C3CC(O)C21C. The molecule has 0 heterocycles. The first-order valence-corrected chi connectivity index (χ1v) is 14.0. The lowest BCUT2D eigenvalue weighted by Crippen LogP contribution is -2.70. The molecule has 0 spiro atoms. The Bertz CT molecular complexity index is 765. The number of hydrogen-bond acceptors (Lipinski definition) is 2. The van der Waals surface area contributed by atoms with Gasteiger partial charge in [0.2, 0.25) is 0 Å². The maximum atomic E-state index is 12.0. The van der Waals surface area contributed by atoms with E-state index in [9.17, 15) is 10.2 Å². The molecule has 2 N–H and O–H groups in total. The summed E-state index contributed by atoms with van der Waals surface area (Å²) in [5.74, 6) is 3.03. The summed E-state index contributed by atoms with van der Waals surface area (Å²) in [7, 11) is 0. The van der Waals surface area contributed by atoms with E-state index in [0.717, 1.165) is 6.42 Å². The summed E-state index contributed by atoms with van der Waals surface area (Å²) >= 11 is 0. The molecule has 5 aliphatic rings. The standard InChI is InChI=1S/C30H52O2/c1-25(2)14-9-15-28(6)22-11-10-21-27(5)16-12-19(26(3,4)32)20(27)13-17-29(21,7)30(22,8)24(31)18-23(25)28/h19-24,31-32H,9-18H2,1-8H3. The van der Waals surface area contributed by atoms with Gasteiger partial charge in [-0.15, -0.1) is 0 Å². The Morgan fingerprint density at radius 2 is 1.38 bits per heavy atom. The van der Waals surface area contributed by atoms with E-state index in [-0.39, 0.29) is 16.9 Å². The zero-order valence-corrected chi connectivity index (χ0v) is 22.4. The van der Waals surface area contributed by atoms with Gasteiger partial charge in [0.1, 0.15) is 0 Å². The van der Waals surface area contributed by atoms with Crippen LogP contribution in [0.15, 0.2) is 0 Å². The van der Waals surface area contributed by atoms with Gasteiger partial charge in [-0.2, -0.15) is 0 Å². The number of hydrogen-bond donors (Lipinski definition) is 2. The molecule has 5 rings (SSSR count). The van der Waals surface area contributed by atoms with E-state index in [2.05, 4.69) is 41.5 Å².